The lowest BCUT2D eigenvalue weighted by Crippen LogP contribution is -2.37. The Labute approximate surface area is 110 Å². The van der Waals surface area contributed by atoms with Gasteiger partial charge in [-0.2, -0.15) is 0 Å². The molecule has 5 nitrogen and oxygen atoms in total. The Balaban J connectivity index is 1.99. The Hall–Kier alpha value is -1.11. The Bertz CT molecular complexity index is 549. The van der Waals surface area contributed by atoms with E-state index in [-0.39, 0.29) is 6.10 Å². The number of ether oxygens (including phenoxy) is 1. The molecule has 1 fully saturated rings. The van der Waals surface area contributed by atoms with Crippen molar-refractivity contribution in [2.75, 3.05) is 18.6 Å². The fourth-order valence-electron chi connectivity index (χ4n) is 2.68. The van der Waals surface area contributed by atoms with Gasteiger partial charge < -0.3 is 15.4 Å². The minimum absolute atomic E-state index is 0.250. The Morgan fingerprint density at radius 2 is 2.50 bits per heavy atom. The van der Waals surface area contributed by atoms with E-state index in [0.29, 0.717) is 12.6 Å². The summed E-state index contributed by atoms with van der Waals surface area (Å²) >= 11 is 1.64. The van der Waals surface area contributed by atoms with Crippen molar-refractivity contribution in [2.24, 2.45) is 5.73 Å². The maximum Gasteiger partial charge on any atom is 0.195 e. The van der Waals surface area contributed by atoms with Crippen molar-refractivity contribution in [3.05, 3.63) is 17.3 Å². The molecular formula is C12H18N4OS. The number of aromatic nitrogens is 2. The number of nitrogens with two attached hydrogens (primary N) is 1. The van der Waals surface area contributed by atoms with E-state index >= 15 is 0 Å². The lowest BCUT2D eigenvalue weighted by Gasteiger charge is -2.27. The SMILES string of the molecule is CC1OCCC1N(C)c1nc2sccn2c1CN. The smallest absolute Gasteiger partial charge is 0.195 e. The third kappa shape index (κ3) is 1.72. The molecule has 2 aromatic heterocycles. The summed E-state index contributed by atoms with van der Waals surface area (Å²) in [6.45, 7) is 3.45. The van der Waals surface area contributed by atoms with Gasteiger partial charge in [-0.15, -0.1) is 11.3 Å². The van der Waals surface area contributed by atoms with Crippen LogP contribution in [0.25, 0.3) is 4.96 Å². The fourth-order valence-corrected chi connectivity index (χ4v) is 3.41. The van der Waals surface area contributed by atoms with Gasteiger partial charge in [0, 0.05) is 31.8 Å². The molecule has 0 spiro atoms. The van der Waals surface area contributed by atoms with Crippen LogP contribution in [0.4, 0.5) is 5.82 Å². The predicted molar refractivity (Wildman–Crippen MR) is 73.2 cm³/mol. The van der Waals surface area contributed by atoms with Gasteiger partial charge in [0.15, 0.2) is 10.8 Å². The number of thiazole rings is 1. The van der Waals surface area contributed by atoms with E-state index in [1.165, 1.54) is 0 Å². The fraction of sp³-hybridized carbons (Fsp3) is 0.583. The number of anilines is 1. The van der Waals surface area contributed by atoms with Gasteiger partial charge in [-0.1, -0.05) is 0 Å². The highest BCUT2D eigenvalue weighted by atomic mass is 32.1. The van der Waals surface area contributed by atoms with E-state index in [1.54, 1.807) is 11.3 Å². The van der Waals surface area contributed by atoms with E-state index < -0.39 is 0 Å². The molecule has 3 heterocycles. The largest absolute Gasteiger partial charge is 0.376 e. The normalized spacial score (nSPS) is 23.9. The molecule has 1 saturated heterocycles. The summed E-state index contributed by atoms with van der Waals surface area (Å²) < 4.78 is 7.71. The molecule has 0 aliphatic carbocycles. The standard InChI is InChI=1S/C12H18N4OS/c1-8-9(3-5-17-8)15(2)11-10(7-13)16-4-6-18-12(16)14-11/h4,6,8-9H,3,5,7,13H2,1-2H3. The third-order valence-electron chi connectivity index (χ3n) is 3.70. The maximum absolute atomic E-state index is 5.88. The minimum Gasteiger partial charge on any atom is -0.376 e. The van der Waals surface area contributed by atoms with Crippen LogP contribution in [0.15, 0.2) is 11.6 Å². The molecule has 0 radical (unpaired) electrons. The summed E-state index contributed by atoms with van der Waals surface area (Å²) in [6.07, 6.45) is 3.33. The molecule has 2 atom stereocenters. The van der Waals surface area contributed by atoms with Crippen molar-refractivity contribution in [3.8, 4) is 0 Å². The second-order valence-electron chi connectivity index (χ2n) is 4.68. The summed E-state index contributed by atoms with van der Waals surface area (Å²) in [4.78, 5) is 7.92. The van der Waals surface area contributed by atoms with Crippen molar-refractivity contribution >= 4 is 22.1 Å². The molecular weight excluding hydrogens is 248 g/mol. The van der Waals surface area contributed by atoms with Crippen molar-refractivity contribution in [1.29, 1.82) is 0 Å². The van der Waals surface area contributed by atoms with Gasteiger partial charge in [-0.05, 0) is 13.3 Å². The third-order valence-corrected chi connectivity index (χ3v) is 4.46. The van der Waals surface area contributed by atoms with Gasteiger partial charge in [0.1, 0.15) is 0 Å². The van der Waals surface area contributed by atoms with E-state index in [9.17, 15) is 0 Å². The van der Waals surface area contributed by atoms with Crippen LogP contribution < -0.4 is 10.6 Å². The molecule has 1 aliphatic heterocycles. The minimum atomic E-state index is 0.250. The Morgan fingerprint density at radius 3 is 3.17 bits per heavy atom. The second-order valence-corrected chi connectivity index (χ2v) is 5.56. The van der Waals surface area contributed by atoms with Crippen LogP contribution in [-0.4, -0.2) is 35.2 Å². The highest BCUT2D eigenvalue weighted by molar-refractivity contribution is 7.15. The first kappa shape index (κ1) is 12.0. The van der Waals surface area contributed by atoms with Crippen LogP contribution in [0, 0.1) is 0 Å². The van der Waals surface area contributed by atoms with Gasteiger partial charge >= 0.3 is 0 Å². The maximum atomic E-state index is 5.88. The van der Waals surface area contributed by atoms with Crippen LogP contribution in [0.2, 0.25) is 0 Å². The molecule has 0 saturated carbocycles. The Morgan fingerprint density at radius 1 is 1.67 bits per heavy atom. The van der Waals surface area contributed by atoms with Crippen LogP contribution >= 0.6 is 11.3 Å². The molecule has 3 rings (SSSR count). The molecule has 0 amide bonds. The van der Waals surface area contributed by atoms with E-state index in [4.69, 9.17) is 15.5 Å². The average Bonchev–Trinajstić information content (AvgIpc) is 3.01. The highest BCUT2D eigenvalue weighted by Crippen LogP contribution is 2.28. The van der Waals surface area contributed by atoms with Crippen molar-refractivity contribution < 1.29 is 4.74 Å². The van der Waals surface area contributed by atoms with Crippen molar-refractivity contribution in [3.63, 3.8) is 0 Å². The van der Waals surface area contributed by atoms with Gasteiger partial charge in [0.05, 0.1) is 17.8 Å². The lowest BCUT2D eigenvalue weighted by molar-refractivity contribution is 0.118. The van der Waals surface area contributed by atoms with Crippen LogP contribution in [0.5, 0.6) is 0 Å². The van der Waals surface area contributed by atoms with Gasteiger partial charge in [-0.25, -0.2) is 4.98 Å². The lowest BCUT2D eigenvalue weighted by atomic mass is 10.1. The number of fused-ring (bicyclic) bond motifs is 1. The van der Waals surface area contributed by atoms with Crippen LogP contribution in [0.3, 0.4) is 0 Å². The van der Waals surface area contributed by atoms with Crippen molar-refractivity contribution in [2.45, 2.75) is 32.0 Å². The number of hydrogen-bond donors (Lipinski definition) is 1. The molecule has 1 aliphatic rings. The molecule has 0 bridgehead atoms. The van der Waals surface area contributed by atoms with E-state index in [2.05, 4.69) is 23.3 Å². The molecule has 2 N–H and O–H groups in total. The summed E-state index contributed by atoms with van der Waals surface area (Å²) in [5, 5.41) is 2.03. The summed E-state index contributed by atoms with van der Waals surface area (Å²) in [5.41, 5.74) is 6.95. The molecule has 2 aromatic rings. The van der Waals surface area contributed by atoms with Crippen LogP contribution in [-0.2, 0) is 11.3 Å². The van der Waals surface area contributed by atoms with Crippen molar-refractivity contribution in [1.82, 2.24) is 9.38 Å². The predicted octanol–water partition coefficient (Wildman–Crippen LogP) is 1.47. The topological polar surface area (TPSA) is 55.8 Å². The molecule has 6 heteroatoms. The first-order chi connectivity index (χ1) is 8.72. The van der Waals surface area contributed by atoms with Gasteiger partial charge in [0.25, 0.3) is 0 Å². The monoisotopic (exact) mass is 266 g/mol. The number of nitrogens with zero attached hydrogens (tertiary/aromatic N) is 3. The number of hydrogen-bond acceptors (Lipinski definition) is 5. The van der Waals surface area contributed by atoms with E-state index in [1.807, 2.05) is 11.6 Å². The molecule has 98 valence electrons. The quantitative estimate of drug-likeness (QED) is 0.914. The zero-order valence-electron chi connectivity index (χ0n) is 10.7. The molecule has 0 aromatic carbocycles. The molecule has 18 heavy (non-hydrogen) atoms. The zero-order valence-corrected chi connectivity index (χ0v) is 11.5. The molecule has 2 unspecified atom stereocenters. The van der Waals surface area contributed by atoms with Crippen LogP contribution in [0.1, 0.15) is 19.0 Å². The van der Waals surface area contributed by atoms with Gasteiger partial charge in [-0.3, -0.25) is 4.40 Å². The first-order valence-electron chi connectivity index (χ1n) is 6.21. The second kappa shape index (κ2) is 4.53. The summed E-state index contributed by atoms with van der Waals surface area (Å²) in [7, 11) is 2.08. The summed E-state index contributed by atoms with van der Waals surface area (Å²) in [5.74, 6) is 0.992. The summed E-state index contributed by atoms with van der Waals surface area (Å²) in [6, 6.07) is 0.389. The van der Waals surface area contributed by atoms with E-state index in [0.717, 1.165) is 29.5 Å². The number of imidazole rings is 1. The average molecular weight is 266 g/mol. The van der Waals surface area contributed by atoms with Gasteiger partial charge in [0.2, 0.25) is 0 Å². The number of rotatable bonds is 3. The highest BCUT2D eigenvalue weighted by Gasteiger charge is 2.30. The first-order valence-corrected chi connectivity index (χ1v) is 7.09. The zero-order chi connectivity index (χ0) is 12.7. The number of likely N-dealkylation sites (N-methyl/N-ethyl adjacent to an activating group) is 1. The Kier molecular flexibility index (Phi) is 3.01.